The van der Waals surface area contributed by atoms with E-state index in [9.17, 15) is 4.79 Å². The Morgan fingerprint density at radius 2 is 1.55 bits per heavy atom. The minimum absolute atomic E-state index is 0. The molecule has 2 aromatic carbocycles. The second kappa shape index (κ2) is 7.11. The maximum atomic E-state index is 12.1. The molecule has 2 nitrogen and oxygen atoms in total. The molecule has 0 saturated carbocycles. The zero-order valence-corrected chi connectivity index (χ0v) is 12.9. The van der Waals surface area contributed by atoms with Gasteiger partial charge in [0.05, 0.1) is 6.42 Å². The first-order valence-corrected chi connectivity index (χ1v) is 6.48. The summed E-state index contributed by atoms with van der Waals surface area (Å²) in [6, 6.07) is 14.0. The maximum Gasteiger partial charge on any atom is 0.228 e. The molecule has 0 aliphatic heterocycles. The van der Waals surface area contributed by atoms with Crippen molar-refractivity contribution in [2.45, 2.75) is 27.2 Å². The highest BCUT2D eigenvalue weighted by atomic mass is 35.5. The van der Waals surface area contributed by atoms with E-state index in [1.807, 2.05) is 44.2 Å². The number of anilines is 1. The lowest BCUT2D eigenvalue weighted by atomic mass is 10.0. The zero-order chi connectivity index (χ0) is 13.8. The van der Waals surface area contributed by atoms with E-state index in [-0.39, 0.29) is 18.3 Å². The number of carbonyl (C=O) groups is 1. The summed E-state index contributed by atoms with van der Waals surface area (Å²) in [7, 11) is 0. The third-order valence-electron chi connectivity index (χ3n) is 3.15. The van der Waals surface area contributed by atoms with Crippen LogP contribution in [0.15, 0.2) is 42.5 Å². The van der Waals surface area contributed by atoms with Crippen molar-refractivity contribution in [3.05, 3.63) is 64.7 Å². The van der Waals surface area contributed by atoms with Crippen molar-refractivity contribution in [3.8, 4) is 0 Å². The lowest BCUT2D eigenvalue weighted by Crippen LogP contribution is -2.16. The van der Waals surface area contributed by atoms with Crippen LogP contribution in [-0.2, 0) is 11.2 Å². The molecular formula is C17H20ClNO. The van der Waals surface area contributed by atoms with E-state index in [2.05, 4.69) is 24.4 Å². The summed E-state index contributed by atoms with van der Waals surface area (Å²) in [6.07, 6.45) is 0.410. The molecule has 0 aliphatic carbocycles. The summed E-state index contributed by atoms with van der Waals surface area (Å²) in [5.74, 6) is 0.0289. The van der Waals surface area contributed by atoms with Crippen molar-refractivity contribution in [2.75, 3.05) is 5.32 Å². The summed E-state index contributed by atoms with van der Waals surface area (Å²) in [4.78, 5) is 12.1. The van der Waals surface area contributed by atoms with Gasteiger partial charge in [-0.25, -0.2) is 0 Å². The number of rotatable bonds is 3. The Hall–Kier alpha value is -1.80. The van der Waals surface area contributed by atoms with Crippen molar-refractivity contribution in [1.29, 1.82) is 0 Å². The summed E-state index contributed by atoms with van der Waals surface area (Å²) in [6.45, 7) is 6.12. The van der Waals surface area contributed by atoms with Gasteiger partial charge in [0.25, 0.3) is 0 Å². The Morgan fingerprint density at radius 1 is 1.00 bits per heavy atom. The molecule has 0 aromatic heterocycles. The zero-order valence-electron chi connectivity index (χ0n) is 12.1. The van der Waals surface area contributed by atoms with Crippen LogP contribution in [0.4, 0.5) is 5.69 Å². The van der Waals surface area contributed by atoms with Gasteiger partial charge in [0.2, 0.25) is 5.91 Å². The Bertz CT molecular complexity index is 570. The van der Waals surface area contributed by atoms with Gasteiger partial charge in [0.1, 0.15) is 0 Å². The highest BCUT2D eigenvalue weighted by Gasteiger charge is 2.08. The first-order valence-electron chi connectivity index (χ1n) is 6.48. The molecule has 20 heavy (non-hydrogen) atoms. The Balaban J connectivity index is 0.00000200. The number of hydrogen-bond donors (Lipinski definition) is 1. The molecule has 1 amide bonds. The molecule has 0 saturated heterocycles. The predicted molar refractivity (Wildman–Crippen MR) is 86.7 cm³/mol. The summed E-state index contributed by atoms with van der Waals surface area (Å²) in [5.41, 5.74) is 5.41. The molecule has 2 rings (SSSR count). The van der Waals surface area contributed by atoms with Crippen molar-refractivity contribution in [1.82, 2.24) is 0 Å². The third kappa shape index (κ3) is 4.10. The quantitative estimate of drug-likeness (QED) is 0.901. The fraction of sp³-hybridized carbons (Fsp3) is 0.235. The van der Waals surface area contributed by atoms with Gasteiger partial charge in [-0.2, -0.15) is 0 Å². The highest BCUT2D eigenvalue weighted by molar-refractivity contribution is 5.93. The summed E-state index contributed by atoms with van der Waals surface area (Å²) >= 11 is 0. The SMILES string of the molecule is Cc1cc(C)c(NC(=O)Cc2ccccc2)c(C)c1.Cl. The number of halogens is 1. The van der Waals surface area contributed by atoms with Gasteiger partial charge in [-0.15, -0.1) is 12.4 Å². The van der Waals surface area contributed by atoms with Crippen molar-refractivity contribution < 1.29 is 4.79 Å². The molecule has 0 bridgehead atoms. The van der Waals surface area contributed by atoms with E-state index in [1.165, 1.54) is 5.56 Å². The largest absolute Gasteiger partial charge is 0.325 e. The molecule has 0 spiro atoms. The van der Waals surface area contributed by atoms with Gasteiger partial charge in [0, 0.05) is 5.69 Å². The van der Waals surface area contributed by atoms with E-state index in [0.717, 1.165) is 22.4 Å². The van der Waals surface area contributed by atoms with E-state index in [0.29, 0.717) is 6.42 Å². The van der Waals surface area contributed by atoms with E-state index < -0.39 is 0 Å². The van der Waals surface area contributed by atoms with Crippen LogP contribution in [0.3, 0.4) is 0 Å². The van der Waals surface area contributed by atoms with Crippen LogP contribution in [-0.4, -0.2) is 5.91 Å². The molecule has 106 valence electrons. The Morgan fingerprint density at radius 3 is 2.10 bits per heavy atom. The van der Waals surface area contributed by atoms with Crippen LogP contribution in [0.5, 0.6) is 0 Å². The fourth-order valence-electron chi connectivity index (χ4n) is 2.34. The number of nitrogens with one attached hydrogen (secondary N) is 1. The van der Waals surface area contributed by atoms with Gasteiger partial charge in [-0.05, 0) is 37.5 Å². The highest BCUT2D eigenvalue weighted by Crippen LogP contribution is 2.22. The van der Waals surface area contributed by atoms with Gasteiger partial charge in [-0.1, -0.05) is 48.0 Å². The van der Waals surface area contributed by atoms with E-state index in [4.69, 9.17) is 0 Å². The van der Waals surface area contributed by atoms with Crippen LogP contribution < -0.4 is 5.32 Å². The number of benzene rings is 2. The van der Waals surface area contributed by atoms with Crippen LogP contribution in [0.2, 0.25) is 0 Å². The number of aryl methyl sites for hydroxylation is 3. The Labute approximate surface area is 126 Å². The molecular weight excluding hydrogens is 270 g/mol. The second-order valence-electron chi connectivity index (χ2n) is 4.98. The average Bonchev–Trinajstić information content (AvgIpc) is 2.35. The van der Waals surface area contributed by atoms with Gasteiger partial charge in [0.15, 0.2) is 0 Å². The predicted octanol–water partition coefficient (Wildman–Crippen LogP) is 4.21. The number of amides is 1. The van der Waals surface area contributed by atoms with Crippen molar-refractivity contribution in [2.24, 2.45) is 0 Å². The van der Waals surface area contributed by atoms with Crippen LogP contribution >= 0.6 is 12.4 Å². The Kier molecular flexibility index (Phi) is 5.78. The first kappa shape index (κ1) is 16.3. The maximum absolute atomic E-state index is 12.1. The summed E-state index contributed by atoms with van der Waals surface area (Å²) < 4.78 is 0. The number of hydrogen-bond acceptors (Lipinski definition) is 1. The molecule has 2 aromatic rings. The fourth-order valence-corrected chi connectivity index (χ4v) is 2.34. The van der Waals surface area contributed by atoms with Gasteiger partial charge in [-0.3, -0.25) is 4.79 Å². The number of carbonyl (C=O) groups excluding carboxylic acids is 1. The first-order chi connectivity index (χ1) is 9.06. The van der Waals surface area contributed by atoms with Crippen LogP contribution in [0.25, 0.3) is 0 Å². The van der Waals surface area contributed by atoms with Gasteiger partial charge >= 0.3 is 0 Å². The topological polar surface area (TPSA) is 29.1 Å². The van der Waals surface area contributed by atoms with Crippen LogP contribution in [0.1, 0.15) is 22.3 Å². The third-order valence-corrected chi connectivity index (χ3v) is 3.15. The smallest absolute Gasteiger partial charge is 0.228 e. The lowest BCUT2D eigenvalue weighted by molar-refractivity contribution is -0.115. The molecule has 0 radical (unpaired) electrons. The van der Waals surface area contributed by atoms with E-state index in [1.54, 1.807) is 0 Å². The normalized spacial score (nSPS) is 9.75. The van der Waals surface area contributed by atoms with Crippen molar-refractivity contribution >= 4 is 24.0 Å². The molecule has 0 unspecified atom stereocenters. The molecule has 3 heteroatoms. The summed E-state index contributed by atoms with van der Waals surface area (Å²) in [5, 5.41) is 3.02. The average molecular weight is 290 g/mol. The second-order valence-corrected chi connectivity index (χ2v) is 4.98. The molecule has 0 atom stereocenters. The molecule has 0 fully saturated rings. The van der Waals surface area contributed by atoms with Crippen molar-refractivity contribution in [3.63, 3.8) is 0 Å². The minimum Gasteiger partial charge on any atom is -0.325 e. The van der Waals surface area contributed by atoms with Crippen LogP contribution in [0, 0.1) is 20.8 Å². The van der Waals surface area contributed by atoms with E-state index >= 15 is 0 Å². The lowest BCUT2D eigenvalue weighted by Gasteiger charge is -2.12. The molecule has 0 aliphatic rings. The minimum atomic E-state index is 0. The standard InChI is InChI=1S/C17H19NO.ClH/c1-12-9-13(2)17(14(3)10-12)18-16(19)11-15-7-5-4-6-8-15;/h4-10H,11H2,1-3H3,(H,18,19);1H. The molecule has 1 N–H and O–H groups in total. The monoisotopic (exact) mass is 289 g/mol. The molecule has 0 heterocycles. The van der Waals surface area contributed by atoms with Gasteiger partial charge < -0.3 is 5.32 Å².